The van der Waals surface area contributed by atoms with Gasteiger partial charge < -0.3 is 11.1 Å². The number of carbonyl (C=O) groups is 1. The van der Waals surface area contributed by atoms with E-state index in [2.05, 4.69) is 48.5 Å². The fraction of sp³-hybridized carbons (Fsp3) is 0.500. The van der Waals surface area contributed by atoms with Gasteiger partial charge in [-0.3, -0.25) is 9.48 Å². The molecule has 1 amide bonds. The number of nitrogens with one attached hydrogen (secondary N) is 1. The molecule has 1 heterocycles. The zero-order valence-electron chi connectivity index (χ0n) is 15.8. The molecular formula is C20H30N4O. The maximum absolute atomic E-state index is 12.0. The molecule has 25 heavy (non-hydrogen) atoms. The van der Waals surface area contributed by atoms with E-state index in [0.717, 1.165) is 30.8 Å². The molecule has 1 aromatic carbocycles. The third kappa shape index (κ3) is 5.71. The van der Waals surface area contributed by atoms with E-state index in [4.69, 9.17) is 5.73 Å². The van der Waals surface area contributed by atoms with E-state index in [0.29, 0.717) is 13.0 Å². The van der Waals surface area contributed by atoms with Crippen molar-refractivity contribution in [1.29, 1.82) is 0 Å². The van der Waals surface area contributed by atoms with Gasteiger partial charge in [-0.15, -0.1) is 0 Å². The summed E-state index contributed by atoms with van der Waals surface area (Å²) in [5.41, 5.74) is 11.5. The van der Waals surface area contributed by atoms with E-state index < -0.39 is 0 Å². The summed E-state index contributed by atoms with van der Waals surface area (Å²) in [6, 6.07) is 8.63. The highest BCUT2D eigenvalue weighted by Gasteiger charge is 2.13. The Kier molecular flexibility index (Phi) is 6.76. The lowest BCUT2D eigenvalue weighted by Gasteiger charge is -2.08. The Labute approximate surface area is 150 Å². The Hall–Kier alpha value is -2.14. The van der Waals surface area contributed by atoms with Gasteiger partial charge in [0.05, 0.1) is 12.2 Å². The van der Waals surface area contributed by atoms with Gasteiger partial charge in [0.1, 0.15) is 0 Å². The van der Waals surface area contributed by atoms with E-state index in [-0.39, 0.29) is 11.9 Å². The fourth-order valence-electron chi connectivity index (χ4n) is 2.88. The first-order valence-electron chi connectivity index (χ1n) is 8.97. The number of hydrogen-bond acceptors (Lipinski definition) is 3. The van der Waals surface area contributed by atoms with Crippen molar-refractivity contribution < 1.29 is 4.79 Å². The molecule has 0 saturated carbocycles. The molecule has 0 radical (unpaired) electrons. The van der Waals surface area contributed by atoms with Gasteiger partial charge in [0.25, 0.3) is 0 Å². The van der Waals surface area contributed by atoms with Crippen LogP contribution in [0.25, 0.3) is 0 Å². The Balaban J connectivity index is 1.94. The van der Waals surface area contributed by atoms with Gasteiger partial charge in [0, 0.05) is 24.7 Å². The lowest BCUT2D eigenvalue weighted by molar-refractivity contribution is -0.121. The van der Waals surface area contributed by atoms with Crippen LogP contribution in [-0.4, -0.2) is 28.3 Å². The number of benzene rings is 1. The van der Waals surface area contributed by atoms with E-state index >= 15 is 0 Å². The second-order valence-electron chi connectivity index (χ2n) is 6.91. The normalized spacial score (nSPS) is 12.2. The third-order valence-corrected chi connectivity index (χ3v) is 4.51. The quantitative estimate of drug-likeness (QED) is 0.774. The molecule has 0 aliphatic carbocycles. The van der Waals surface area contributed by atoms with Crippen LogP contribution in [-0.2, 0) is 17.8 Å². The molecule has 2 aromatic rings. The smallest absolute Gasteiger partial charge is 0.220 e. The highest BCUT2D eigenvalue weighted by molar-refractivity contribution is 5.76. The zero-order valence-corrected chi connectivity index (χ0v) is 15.8. The fourth-order valence-corrected chi connectivity index (χ4v) is 2.88. The summed E-state index contributed by atoms with van der Waals surface area (Å²) in [5.74, 6) is 0.0748. The van der Waals surface area contributed by atoms with Crippen molar-refractivity contribution in [2.24, 2.45) is 5.73 Å². The molecule has 5 heteroatoms. The molecular weight excluding hydrogens is 312 g/mol. The number of hydrogen-bond donors (Lipinski definition) is 2. The average molecular weight is 342 g/mol. The van der Waals surface area contributed by atoms with Crippen LogP contribution in [0.4, 0.5) is 0 Å². The number of aromatic nitrogens is 2. The Morgan fingerprint density at radius 2 is 1.92 bits per heavy atom. The van der Waals surface area contributed by atoms with Crippen LogP contribution in [0.5, 0.6) is 0 Å². The minimum atomic E-state index is 0.0748. The molecule has 1 atom stereocenters. The minimum absolute atomic E-state index is 0.0748. The number of aryl methyl sites for hydroxylation is 2. The summed E-state index contributed by atoms with van der Waals surface area (Å²) in [4.78, 5) is 12.0. The molecule has 5 nitrogen and oxygen atoms in total. The molecule has 0 aliphatic rings. The standard InChI is InChI=1S/C20H30N4O/c1-14-5-7-18(8-6-14)13-24-17(4)19(16(3)23-24)9-10-20(25)22-12-11-15(2)21/h5-8,15H,9-13,21H2,1-4H3,(H,22,25). The summed E-state index contributed by atoms with van der Waals surface area (Å²) in [6.45, 7) is 9.53. The summed E-state index contributed by atoms with van der Waals surface area (Å²) < 4.78 is 2.03. The number of carbonyl (C=O) groups excluding carboxylic acids is 1. The number of nitrogens with zero attached hydrogens (tertiary/aromatic N) is 2. The summed E-state index contributed by atoms with van der Waals surface area (Å²) in [7, 11) is 0. The second-order valence-corrected chi connectivity index (χ2v) is 6.91. The molecule has 2 rings (SSSR count). The third-order valence-electron chi connectivity index (χ3n) is 4.51. The van der Waals surface area contributed by atoms with Crippen molar-refractivity contribution in [2.45, 2.75) is 59.5 Å². The maximum Gasteiger partial charge on any atom is 0.220 e. The van der Waals surface area contributed by atoms with Gasteiger partial charge in [-0.2, -0.15) is 5.10 Å². The minimum Gasteiger partial charge on any atom is -0.356 e. The van der Waals surface area contributed by atoms with Crippen LogP contribution in [0.1, 0.15) is 47.8 Å². The van der Waals surface area contributed by atoms with Crippen LogP contribution in [0.15, 0.2) is 24.3 Å². The van der Waals surface area contributed by atoms with Crippen molar-refractivity contribution in [3.8, 4) is 0 Å². The molecule has 0 fully saturated rings. The van der Waals surface area contributed by atoms with E-state index in [1.165, 1.54) is 16.7 Å². The lowest BCUT2D eigenvalue weighted by Crippen LogP contribution is -2.29. The SMILES string of the molecule is Cc1ccc(Cn2nc(C)c(CCC(=O)NCCC(C)N)c2C)cc1. The van der Waals surface area contributed by atoms with Crippen LogP contribution < -0.4 is 11.1 Å². The van der Waals surface area contributed by atoms with Crippen LogP contribution in [0, 0.1) is 20.8 Å². The van der Waals surface area contributed by atoms with Crippen LogP contribution in [0.3, 0.4) is 0 Å². The Morgan fingerprint density at radius 1 is 1.24 bits per heavy atom. The van der Waals surface area contributed by atoms with Crippen molar-refractivity contribution >= 4 is 5.91 Å². The predicted octanol–water partition coefficient (Wildman–Crippen LogP) is 2.64. The van der Waals surface area contributed by atoms with Crippen molar-refractivity contribution in [3.63, 3.8) is 0 Å². The van der Waals surface area contributed by atoms with Crippen LogP contribution in [0.2, 0.25) is 0 Å². The first kappa shape index (κ1) is 19.2. The first-order valence-corrected chi connectivity index (χ1v) is 8.97. The molecule has 3 N–H and O–H groups in total. The summed E-state index contributed by atoms with van der Waals surface area (Å²) in [6.07, 6.45) is 2.00. The van der Waals surface area contributed by atoms with E-state index in [1.807, 2.05) is 18.5 Å². The van der Waals surface area contributed by atoms with E-state index in [1.54, 1.807) is 0 Å². The van der Waals surface area contributed by atoms with Crippen LogP contribution >= 0.6 is 0 Å². The number of nitrogens with two attached hydrogens (primary N) is 1. The monoisotopic (exact) mass is 342 g/mol. The Morgan fingerprint density at radius 3 is 2.56 bits per heavy atom. The van der Waals surface area contributed by atoms with E-state index in [9.17, 15) is 4.79 Å². The Bertz CT molecular complexity index is 701. The van der Waals surface area contributed by atoms with Gasteiger partial charge in [0.15, 0.2) is 0 Å². The molecule has 0 saturated heterocycles. The zero-order chi connectivity index (χ0) is 18.4. The molecule has 1 unspecified atom stereocenters. The average Bonchev–Trinajstić information content (AvgIpc) is 2.81. The summed E-state index contributed by atoms with van der Waals surface area (Å²) >= 11 is 0. The van der Waals surface area contributed by atoms with Crippen molar-refractivity contribution in [2.75, 3.05) is 6.54 Å². The molecule has 136 valence electrons. The number of rotatable bonds is 8. The molecule has 1 aromatic heterocycles. The molecule has 0 aliphatic heterocycles. The molecule has 0 spiro atoms. The highest BCUT2D eigenvalue weighted by Crippen LogP contribution is 2.17. The van der Waals surface area contributed by atoms with Gasteiger partial charge in [-0.25, -0.2) is 0 Å². The first-order chi connectivity index (χ1) is 11.9. The van der Waals surface area contributed by atoms with Gasteiger partial charge >= 0.3 is 0 Å². The largest absolute Gasteiger partial charge is 0.356 e. The maximum atomic E-state index is 12.0. The predicted molar refractivity (Wildman–Crippen MR) is 102 cm³/mol. The van der Waals surface area contributed by atoms with Gasteiger partial charge in [-0.1, -0.05) is 29.8 Å². The van der Waals surface area contributed by atoms with Gasteiger partial charge in [0.2, 0.25) is 5.91 Å². The van der Waals surface area contributed by atoms with Crippen molar-refractivity contribution in [3.05, 3.63) is 52.3 Å². The summed E-state index contributed by atoms with van der Waals surface area (Å²) in [5, 5.41) is 7.59. The topological polar surface area (TPSA) is 72.9 Å². The lowest BCUT2D eigenvalue weighted by atomic mass is 10.1. The number of amides is 1. The second kappa shape index (κ2) is 8.81. The molecule has 0 bridgehead atoms. The van der Waals surface area contributed by atoms with Crippen molar-refractivity contribution in [1.82, 2.24) is 15.1 Å². The highest BCUT2D eigenvalue weighted by atomic mass is 16.1. The van der Waals surface area contributed by atoms with Gasteiger partial charge in [-0.05, 0) is 51.7 Å².